The maximum Gasteiger partial charge on any atom is 0.414 e. The highest BCUT2D eigenvalue weighted by atomic mass is 32.1. The first-order valence-corrected chi connectivity index (χ1v) is 9.17. The molecule has 0 fully saturated rings. The second-order valence-electron chi connectivity index (χ2n) is 5.86. The van der Waals surface area contributed by atoms with Crippen molar-refractivity contribution in [2.75, 3.05) is 45.4 Å². The number of benzene rings is 1. The van der Waals surface area contributed by atoms with Crippen molar-refractivity contribution in [2.45, 2.75) is 6.92 Å². The highest BCUT2D eigenvalue weighted by molar-refractivity contribution is 7.17. The van der Waals surface area contributed by atoms with E-state index in [1.165, 1.54) is 6.20 Å². The van der Waals surface area contributed by atoms with E-state index in [2.05, 4.69) is 15.1 Å². The molecule has 0 saturated heterocycles. The Morgan fingerprint density at radius 1 is 1.22 bits per heavy atom. The standard InChI is InChI=1S/C17H24N5O4S/c1-13-11-14(21(7-9-25-3)8-10-26-4)5-6-15(13)18-19-17-20(2)12-16(27-17)22(23)24/h5-6,11-12H,7-10H2,1-4H3/q+1. The van der Waals surface area contributed by atoms with Crippen LogP contribution in [0.4, 0.5) is 21.5 Å². The van der Waals surface area contributed by atoms with Crippen LogP contribution in [0, 0.1) is 17.0 Å². The predicted octanol–water partition coefficient (Wildman–Crippen LogP) is 3.30. The van der Waals surface area contributed by atoms with Crippen LogP contribution in [0.3, 0.4) is 0 Å². The summed E-state index contributed by atoms with van der Waals surface area (Å²) in [5, 5.41) is 19.8. The van der Waals surface area contributed by atoms with Crippen LogP contribution in [-0.2, 0) is 16.5 Å². The fraction of sp³-hybridized carbons (Fsp3) is 0.471. The summed E-state index contributed by atoms with van der Waals surface area (Å²) in [6.45, 7) is 4.72. The van der Waals surface area contributed by atoms with E-state index < -0.39 is 4.92 Å². The number of thiazole rings is 1. The van der Waals surface area contributed by atoms with Crippen molar-refractivity contribution in [1.82, 2.24) is 0 Å². The Balaban J connectivity index is 2.18. The van der Waals surface area contributed by atoms with Gasteiger partial charge in [-0.05, 0) is 35.8 Å². The first kappa shape index (κ1) is 20.9. The molecule has 0 aliphatic heterocycles. The Labute approximate surface area is 162 Å². The largest absolute Gasteiger partial charge is 0.414 e. The van der Waals surface area contributed by atoms with E-state index >= 15 is 0 Å². The van der Waals surface area contributed by atoms with E-state index in [1.807, 2.05) is 25.1 Å². The summed E-state index contributed by atoms with van der Waals surface area (Å²) in [6.07, 6.45) is 1.43. The minimum Gasteiger partial charge on any atom is -0.383 e. The third-order valence-electron chi connectivity index (χ3n) is 3.90. The number of hydrogen-bond donors (Lipinski definition) is 0. The number of aromatic nitrogens is 1. The zero-order valence-corrected chi connectivity index (χ0v) is 16.7. The van der Waals surface area contributed by atoms with Gasteiger partial charge >= 0.3 is 10.1 Å². The number of anilines is 1. The van der Waals surface area contributed by atoms with Gasteiger partial charge in [0, 0.05) is 44.3 Å². The summed E-state index contributed by atoms with van der Waals surface area (Å²) < 4.78 is 12.0. The minimum atomic E-state index is -0.432. The van der Waals surface area contributed by atoms with Crippen LogP contribution >= 0.6 is 11.3 Å². The molecular formula is C17H24N5O4S+. The molecule has 1 aromatic heterocycles. The molecule has 0 saturated carbocycles. The van der Waals surface area contributed by atoms with Gasteiger partial charge in [-0.25, -0.2) is 4.57 Å². The lowest BCUT2D eigenvalue weighted by Gasteiger charge is -2.24. The summed E-state index contributed by atoms with van der Waals surface area (Å²) in [7, 11) is 5.06. The van der Waals surface area contributed by atoms with Gasteiger partial charge in [-0.15, -0.1) is 0 Å². The van der Waals surface area contributed by atoms with Crippen LogP contribution in [-0.4, -0.2) is 45.4 Å². The number of hydrogen-bond acceptors (Lipinski definition) is 8. The Hall–Kier alpha value is -2.43. The lowest BCUT2D eigenvalue weighted by atomic mass is 10.1. The normalized spacial score (nSPS) is 11.3. The van der Waals surface area contributed by atoms with Crippen molar-refractivity contribution < 1.29 is 19.0 Å². The first-order valence-electron chi connectivity index (χ1n) is 8.35. The average Bonchev–Trinajstić information content (AvgIpc) is 3.02. The molecule has 0 unspecified atom stereocenters. The minimum absolute atomic E-state index is 0.0328. The fourth-order valence-corrected chi connectivity index (χ4v) is 3.16. The zero-order valence-electron chi connectivity index (χ0n) is 15.9. The Morgan fingerprint density at radius 3 is 2.41 bits per heavy atom. The van der Waals surface area contributed by atoms with Gasteiger partial charge < -0.3 is 14.4 Å². The molecule has 2 aromatic rings. The number of azo groups is 1. The molecular weight excluding hydrogens is 370 g/mol. The van der Waals surface area contributed by atoms with Crippen molar-refractivity contribution in [3.05, 3.63) is 40.1 Å². The van der Waals surface area contributed by atoms with E-state index in [4.69, 9.17) is 9.47 Å². The zero-order chi connectivity index (χ0) is 19.8. The van der Waals surface area contributed by atoms with Gasteiger partial charge in [0.2, 0.25) is 0 Å². The maximum atomic E-state index is 10.9. The number of ether oxygens (including phenoxy) is 2. The van der Waals surface area contributed by atoms with Crippen LogP contribution in [0.15, 0.2) is 34.6 Å². The molecule has 1 heterocycles. The molecule has 0 spiro atoms. The number of rotatable bonds is 10. The first-order chi connectivity index (χ1) is 13.0. The number of nitro groups is 1. The van der Waals surface area contributed by atoms with E-state index in [1.54, 1.807) is 25.8 Å². The Bertz CT molecular complexity index is 801. The lowest BCUT2D eigenvalue weighted by Crippen LogP contribution is -2.30. The topological polar surface area (TPSA) is 93.4 Å². The van der Waals surface area contributed by atoms with Gasteiger partial charge in [-0.2, -0.15) is 0 Å². The van der Waals surface area contributed by atoms with Crippen molar-refractivity contribution >= 4 is 32.8 Å². The number of aryl methyl sites for hydroxylation is 2. The highest BCUT2D eigenvalue weighted by Crippen LogP contribution is 2.29. The summed E-state index contributed by atoms with van der Waals surface area (Å²) >= 11 is 0.986. The number of nitrogens with zero attached hydrogens (tertiary/aromatic N) is 5. The van der Waals surface area contributed by atoms with Crippen LogP contribution < -0.4 is 9.47 Å². The monoisotopic (exact) mass is 394 g/mol. The molecule has 0 bridgehead atoms. The second-order valence-corrected chi connectivity index (χ2v) is 6.85. The van der Waals surface area contributed by atoms with Crippen LogP contribution in [0.5, 0.6) is 0 Å². The van der Waals surface area contributed by atoms with Crippen molar-refractivity contribution in [2.24, 2.45) is 17.3 Å². The van der Waals surface area contributed by atoms with E-state index in [0.29, 0.717) is 24.0 Å². The van der Waals surface area contributed by atoms with Gasteiger partial charge in [-0.3, -0.25) is 10.1 Å². The van der Waals surface area contributed by atoms with Crippen molar-refractivity contribution in [3.63, 3.8) is 0 Å². The smallest absolute Gasteiger partial charge is 0.383 e. The molecule has 9 nitrogen and oxygen atoms in total. The molecule has 10 heteroatoms. The van der Waals surface area contributed by atoms with Crippen LogP contribution in [0.25, 0.3) is 0 Å². The molecule has 146 valence electrons. The molecule has 0 aliphatic carbocycles. The Kier molecular flexibility index (Phi) is 7.77. The molecule has 1 aromatic carbocycles. The third-order valence-corrected chi connectivity index (χ3v) is 4.92. The maximum absolute atomic E-state index is 10.9. The summed E-state index contributed by atoms with van der Waals surface area (Å²) in [4.78, 5) is 12.6. The molecule has 0 atom stereocenters. The summed E-state index contributed by atoms with van der Waals surface area (Å²) in [5.74, 6) is 0. The summed E-state index contributed by atoms with van der Waals surface area (Å²) in [6, 6.07) is 5.91. The average molecular weight is 394 g/mol. The van der Waals surface area contributed by atoms with Gasteiger partial charge in [0.15, 0.2) is 6.20 Å². The molecule has 0 amide bonds. The van der Waals surface area contributed by atoms with Gasteiger partial charge in [0.25, 0.3) is 0 Å². The van der Waals surface area contributed by atoms with E-state index in [9.17, 15) is 10.1 Å². The number of methoxy groups -OCH3 is 2. The SMILES string of the molecule is COCCN(CCOC)c1ccc(N=Nc2sc([N+](=O)[O-])c[n+]2C)c(C)c1. The van der Waals surface area contributed by atoms with Crippen LogP contribution in [0.2, 0.25) is 0 Å². The van der Waals surface area contributed by atoms with E-state index in [-0.39, 0.29) is 5.00 Å². The third kappa shape index (κ3) is 5.78. The van der Waals surface area contributed by atoms with Crippen molar-refractivity contribution in [3.8, 4) is 0 Å². The van der Waals surface area contributed by atoms with Crippen LogP contribution in [0.1, 0.15) is 5.56 Å². The van der Waals surface area contributed by atoms with Gasteiger partial charge in [-0.1, -0.05) is 0 Å². The fourth-order valence-electron chi connectivity index (χ4n) is 2.41. The molecule has 0 aliphatic rings. The highest BCUT2D eigenvalue weighted by Gasteiger charge is 2.21. The van der Waals surface area contributed by atoms with Crippen molar-refractivity contribution in [1.29, 1.82) is 0 Å². The Morgan fingerprint density at radius 2 is 1.89 bits per heavy atom. The molecule has 27 heavy (non-hydrogen) atoms. The predicted molar refractivity (Wildman–Crippen MR) is 103 cm³/mol. The summed E-state index contributed by atoms with van der Waals surface area (Å²) in [5.41, 5.74) is 2.73. The van der Waals surface area contributed by atoms with E-state index in [0.717, 1.165) is 35.7 Å². The molecule has 0 radical (unpaired) electrons. The molecule has 0 N–H and O–H groups in total. The van der Waals surface area contributed by atoms with Gasteiger partial charge in [0.1, 0.15) is 5.69 Å². The lowest BCUT2D eigenvalue weighted by molar-refractivity contribution is -0.656. The quantitative estimate of drug-likeness (QED) is 0.267. The molecule has 2 rings (SSSR count). The van der Waals surface area contributed by atoms with Gasteiger partial charge in [0.05, 0.1) is 30.3 Å². The second kappa shape index (κ2) is 10.0.